The van der Waals surface area contributed by atoms with Crippen LogP contribution in [0.1, 0.15) is 27.7 Å². The molecule has 1 heterocycles. The first-order valence-electron chi connectivity index (χ1n) is 7.80. The quantitative estimate of drug-likeness (QED) is 0.364. The number of rotatable bonds is 7. The van der Waals surface area contributed by atoms with Crippen LogP contribution in [0, 0.1) is 11.3 Å². The third-order valence-corrected chi connectivity index (χ3v) is 5.69. The molecule has 0 saturated carbocycles. The normalized spacial score (nSPS) is 37.1. The van der Waals surface area contributed by atoms with Crippen LogP contribution in [0.4, 0.5) is 0 Å². The van der Waals surface area contributed by atoms with Gasteiger partial charge in [0.2, 0.25) is 5.60 Å². The molecule has 0 aromatic heterocycles. The molecule has 1 rings (SSSR count). The largest absolute Gasteiger partial charge is 0.386 e. The van der Waals surface area contributed by atoms with E-state index in [-0.39, 0.29) is 5.75 Å². The van der Waals surface area contributed by atoms with Crippen LogP contribution < -0.4 is 0 Å². The molecule has 11 heteroatoms. The molecule has 1 unspecified atom stereocenters. The number of carbonyl (C=O) groups excluding carboxylic acids is 4. The maximum Gasteiger partial charge on any atom is 0.201 e. The third-order valence-electron chi connectivity index (χ3n) is 4.64. The van der Waals surface area contributed by atoms with Gasteiger partial charge in [0.05, 0.1) is 11.8 Å². The van der Waals surface area contributed by atoms with Gasteiger partial charge in [0.15, 0.2) is 40.4 Å². The number of nitriles is 1. The first-order valence-corrected chi connectivity index (χ1v) is 8.85. The summed E-state index contributed by atoms with van der Waals surface area (Å²) in [6.07, 6.45) is -4.05. The number of ether oxygens (including phenoxy) is 1. The summed E-state index contributed by atoms with van der Waals surface area (Å²) in [5.41, 5.74) is -11.9. The van der Waals surface area contributed by atoms with E-state index in [0.29, 0.717) is 18.7 Å². The molecular formula is C16H21NO9S. The summed E-state index contributed by atoms with van der Waals surface area (Å²) in [6.45, 7) is 3.23. The lowest BCUT2D eigenvalue weighted by Gasteiger charge is -2.57. The minimum Gasteiger partial charge on any atom is -0.386 e. The van der Waals surface area contributed by atoms with Crippen LogP contribution in [0.5, 0.6) is 0 Å². The molecule has 1 fully saturated rings. The molecule has 1 saturated heterocycles. The second-order valence-electron chi connectivity index (χ2n) is 6.31. The van der Waals surface area contributed by atoms with E-state index < -0.39 is 57.6 Å². The van der Waals surface area contributed by atoms with Crippen molar-refractivity contribution in [3.05, 3.63) is 0 Å². The highest BCUT2D eigenvalue weighted by Gasteiger charge is 2.79. The molecular weight excluding hydrogens is 382 g/mol. The average Bonchev–Trinajstić information content (AvgIpc) is 2.57. The summed E-state index contributed by atoms with van der Waals surface area (Å²) in [5.74, 6) is -5.61. The van der Waals surface area contributed by atoms with Crippen molar-refractivity contribution >= 4 is 34.9 Å². The lowest BCUT2D eigenvalue weighted by Crippen LogP contribution is -2.86. The van der Waals surface area contributed by atoms with Gasteiger partial charge < -0.3 is 25.2 Å². The van der Waals surface area contributed by atoms with Crippen molar-refractivity contribution in [1.29, 1.82) is 5.26 Å². The van der Waals surface area contributed by atoms with Crippen LogP contribution in [0.3, 0.4) is 0 Å². The van der Waals surface area contributed by atoms with Crippen LogP contribution in [-0.4, -0.2) is 83.8 Å². The first-order chi connectivity index (χ1) is 12.2. The highest BCUT2D eigenvalue weighted by Crippen LogP contribution is 2.49. The van der Waals surface area contributed by atoms with Crippen LogP contribution in [-0.2, 0) is 23.9 Å². The van der Waals surface area contributed by atoms with E-state index >= 15 is 0 Å². The zero-order chi connectivity index (χ0) is 21.4. The van der Waals surface area contributed by atoms with Gasteiger partial charge >= 0.3 is 0 Å². The number of thioether (sulfide) groups is 1. The molecule has 0 aliphatic carbocycles. The standard InChI is InChI=1S/C16H21NO9S/c1-7(18)11(22)12-14(23,8(2)19)16(25,10(4)21)15(24,9(3)20)13(26-12)27-6-5-17/h7,12-13,18,23-25H,6H2,1-4H3/t7?,12-,13+,14-,15-,16+/m1/s1. The lowest BCUT2D eigenvalue weighted by molar-refractivity contribution is -0.297. The van der Waals surface area contributed by atoms with Gasteiger partial charge in [-0.05, 0) is 27.7 Å². The minimum absolute atomic E-state index is 0.387. The lowest BCUT2D eigenvalue weighted by atomic mass is 9.60. The van der Waals surface area contributed by atoms with E-state index in [0.717, 1.165) is 20.8 Å². The maximum absolute atomic E-state index is 12.4. The van der Waals surface area contributed by atoms with E-state index in [1.807, 2.05) is 0 Å². The van der Waals surface area contributed by atoms with Crippen molar-refractivity contribution in [2.45, 2.75) is 62.1 Å². The number of carbonyl (C=O) groups is 4. The summed E-state index contributed by atoms with van der Waals surface area (Å²) < 4.78 is 5.26. The zero-order valence-corrected chi connectivity index (χ0v) is 15.9. The van der Waals surface area contributed by atoms with E-state index in [2.05, 4.69) is 0 Å². The Labute approximate surface area is 159 Å². The zero-order valence-electron chi connectivity index (χ0n) is 15.1. The van der Waals surface area contributed by atoms with Gasteiger partial charge in [-0.3, -0.25) is 19.2 Å². The Balaban J connectivity index is 3.90. The third kappa shape index (κ3) is 3.12. The van der Waals surface area contributed by atoms with E-state index in [9.17, 15) is 39.6 Å². The molecule has 0 aromatic carbocycles. The molecule has 0 aromatic rings. The monoisotopic (exact) mass is 403 g/mol. The molecule has 0 radical (unpaired) electrons. The summed E-state index contributed by atoms with van der Waals surface area (Å²) in [5, 5.41) is 51.4. The number of aliphatic hydroxyl groups is 4. The summed E-state index contributed by atoms with van der Waals surface area (Å²) in [7, 11) is 0. The number of aliphatic hydroxyl groups excluding tert-OH is 1. The molecule has 4 N–H and O–H groups in total. The Morgan fingerprint density at radius 2 is 1.56 bits per heavy atom. The average molecular weight is 403 g/mol. The second-order valence-corrected chi connectivity index (χ2v) is 7.36. The number of Topliss-reactive ketones (excluding diaryl/α,β-unsaturated/α-hetero) is 4. The number of ketones is 4. The SMILES string of the molecule is CC(=O)[C@]1(O)[C@@](O)(C(C)=O)[C@@H](C(=O)C(C)O)O[C@@H](SCC#N)[C@]1(O)C(C)=O. The highest BCUT2D eigenvalue weighted by molar-refractivity contribution is 8.00. The Kier molecular flexibility index (Phi) is 6.70. The maximum atomic E-state index is 12.4. The highest BCUT2D eigenvalue weighted by atomic mass is 32.2. The van der Waals surface area contributed by atoms with Gasteiger partial charge in [0.1, 0.15) is 11.5 Å². The van der Waals surface area contributed by atoms with Gasteiger partial charge in [0.25, 0.3) is 0 Å². The van der Waals surface area contributed by atoms with Crippen LogP contribution in [0.2, 0.25) is 0 Å². The molecule has 150 valence electrons. The Bertz CT molecular complexity index is 717. The number of hydrogen-bond acceptors (Lipinski definition) is 11. The fraction of sp³-hybridized carbons (Fsp3) is 0.688. The van der Waals surface area contributed by atoms with Gasteiger partial charge in [0, 0.05) is 0 Å². The summed E-state index contributed by atoms with van der Waals surface area (Å²) in [6, 6.07) is 1.69. The fourth-order valence-corrected chi connectivity index (χ4v) is 4.13. The molecule has 1 aliphatic heterocycles. The van der Waals surface area contributed by atoms with Gasteiger partial charge in [-0.1, -0.05) is 0 Å². The molecule has 0 bridgehead atoms. The van der Waals surface area contributed by atoms with Crippen molar-refractivity contribution < 1.29 is 44.3 Å². The Morgan fingerprint density at radius 3 is 1.89 bits per heavy atom. The van der Waals surface area contributed by atoms with Crippen LogP contribution in [0.25, 0.3) is 0 Å². The first kappa shape index (κ1) is 23.4. The Hall–Kier alpha value is -1.68. The van der Waals surface area contributed by atoms with Gasteiger partial charge in [-0.15, -0.1) is 11.8 Å². The Morgan fingerprint density at radius 1 is 1.07 bits per heavy atom. The van der Waals surface area contributed by atoms with Crippen molar-refractivity contribution in [1.82, 2.24) is 0 Å². The van der Waals surface area contributed by atoms with Crippen LogP contribution >= 0.6 is 11.8 Å². The predicted octanol–water partition coefficient (Wildman–Crippen LogP) is -2.12. The topological polar surface area (TPSA) is 182 Å². The minimum atomic E-state index is -3.47. The number of hydrogen-bond donors (Lipinski definition) is 4. The van der Waals surface area contributed by atoms with Crippen molar-refractivity contribution in [2.75, 3.05) is 5.75 Å². The van der Waals surface area contributed by atoms with E-state index in [1.54, 1.807) is 6.07 Å². The summed E-state index contributed by atoms with van der Waals surface area (Å²) in [4.78, 5) is 49.2. The van der Waals surface area contributed by atoms with Gasteiger partial charge in [-0.2, -0.15) is 5.26 Å². The molecule has 0 spiro atoms. The molecule has 0 amide bonds. The molecule has 27 heavy (non-hydrogen) atoms. The second kappa shape index (κ2) is 7.75. The van der Waals surface area contributed by atoms with E-state index in [1.165, 1.54) is 0 Å². The molecule has 6 atom stereocenters. The number of nitrogens with zero attached hydrogens (tertiary/aromatic N) is 1. The predicted molar refractivity (Wildman–Crippen MR) is 90.3 cm³/mol. The van der Waals surface area contributed by atoms with E-state index in [4.69, 9.17) is 10.00 Å². The smallest absolute Gasteiger partial charge is 0.201 e. The fourth-order valence-electron chi connectivity index (χ4n) is 3.13. The van der Waals surface area contributed by atoms with Crippen LogP contribution in [0.15, 0.2) is 0 Å². The van der Waals surface area contributed by atoms with Crippen molar-refractivity contribution in [3.8, 4) is 6.07 Å². The van der Waals surface area contributed by atoms with Crippen molar-refractivity contribution in [3.63, 3.8) is 0 Å². The molecule has 1 aliphatic rings. The molecule has 10 nitrogen and oxygen atoms in total. The van der Waals surface area contributed by atoms with Crippen molar-refractivity contribution in [2.24, 2.45) is 0 Å². The van der Waals surface area contributed by atoms with Gasteiger partial charge in [-0.25, -0.2) is 0 Å². The summed E-state index contributed by atoms with van der Waals surface area (Å²) >= 11 is 0.475.